The lowest BCUT2D eigenvalue weighted by atomic mass is 10.3. The number of thiazole rings is 1. The zero-order valence-electron chi connectivity index (χ0n) is 15.6. The van der Waals surface area contributed by atoms with Crippen LogP contribution in [0.5, 0.6) is 0 Å². The molecule has 3 heterocycles. The maximum atomic E-state index is 12.1. The van der Waals surface area contributed by atoms with E-state index in [9.17, 15) is 4.79 Å². The molecule has 144 valence electrons. The maximum absolute atomic E-state index is 12.1. The van der Waals surface area contributed by atoms with Gasteiger partial charge in [0.25, 0.3) is 5.91 Å². The summed E-state index contributed by atoms with van der Waals surface area (Å²) in [6, 6.07) is 0.331. The van der Waals surface area contributed by atoms with E-state index >= 15 is 0 Å². The van der Waals surface area contributed by atoms with E-state index in [0.717, 1.165) is 51.3 Å². The van der Waals surface area contributed by atoms with Gasteiger partial charge in [0.15, 0.2) is 5.13 Å². The Hall–Kier alpha value is -2.33. The minimum Gasteiger partial charge on any atom is -0.349 e. The van der Waals surface area contributed by atoms with E-state index in [2.05, 4.69) is 47.4 Å². The summed E-state index contributed by atoms with van der Waals surface area (Å²) in [6.07, 6.45) is 4.45. The molecule has 2 aromatic heterocycles. The van der Waals surface area contributed by atoms with E-state index in [-0.39, 0.29) is 5.91 Å². The van der Waals surface area contributed by atoms with Crippen LogP contribution in [0, 0.1) is 0 Å². The minimum atomic E-state index is -0.0638. The van der Waals surface area contributed by atoms with E-state index in [0.29, 0.717) is 27.9 Å². The minimum absolute atomic E-state index is 0.0638. The van der Waals surface area contributed by atoms with E-state index in [4.69, 9.17) is 0 Å². The summed E-state index contributed by atoms with van der Waals surface area (Å²) >= 11 is 1.31. The molecule has 2 fully saturated rings. The number of nitrogens with zero attached hydrogens (tertiary/aromatic N) is 6. The average molecular weight is 389 g/mol. The van der Waals surface area contributed by atoms with E-state index < -0.39 is 0 Å². The molecular weight excluding hydrogens is 364 g/mol. The number of aromatic nitrogens is 4. The Morgan fingerprint density at radius 2 is 2.00 bits per heavy atom. The molecule has 0 spiro atoms. The molecule has 1 saturated heterocycles. The van der Waals surface area contributed by atoms with Gasteiger partial charge >= 0.3 is 0 Å². The number of amides is 1. The second-order valence-electron chi connectivity index (χ2n) is 6.92. The third-order valence-corrected chi connectivity index (χ3v) is 5.54. The third kappa shape index (κ3) is 4.51. The Bertz CT molecular complexity index is 813. The van der Waals surface area contributed by atoms with E-state index in [1.54, 1.807) is 6.20 Å². The van der Waals surface area contributed by atoms with Gasteiger partial charge in [0.05, 0.1) is 6.20 Å². The largest absolute Gasteiger partial charge is 0.349 e. The summed E-state index contributed by atoms with van der Waals surface area (Å²) in [5.41, 5.74) is 0. The van der Waals surface area contributed by atoms with Crippen LogP contribution in [0.25, 0.3) is 0 Å². The van der Waals surface area contributed by atoms with Crippen molar-refractivity contribution >= 4 is 34.3 Å². The van der Waals surface area contributed by atoms with Gasteiger partial charge < -0.3 is 15.1 Å². The second-order valence-corrected chi connectivity index (χ2v) is 7.95. The van der Waals surface area contributed by atoms with Crippen LogP contribution in [0.2, 0.25) is 0 Å². The molecule has 4 rings (SSSR count). The first-order chi connectivity index (χ1) is 13.1. The number of hydrogen-bond donors (Lipinski definition) is 2. The number of hydrogen-bond acceptors (Lipinski definition) is 9. The van der Waals surface area contributed by atoms with Crippen LogP contribution in [0.4, 0.5) is 17.0 Å². The van der Waals surface area contributed by atoms with Crippen LogP contribution >= 0.6 is 11.3 Å². The highest BCUT2D eigenvalue weighted by molar-refractivity contribution is 7.17. The van der Waals surface area contributed by atoms with Gasteiger partial charge in [-0.05, 0) is 19.9 Å². The topological polar surface area (TPSA) is 99.2 Å². The number of piperazine rings is 1. The molecule has 0 bridgehead atoms. The molecule has 0 aromatic carbocycles. The Kier molecular flexibility index (Phi) is 5.17. The predicted octanol–water partition coefficient (Wildman–Crippen LogP) is 1.28. The van der Waals surface area contributed by atoms with Gasteiger partial charge in [-0.3, -0.25) is 10.1 Å². The molecule has 1 saturated carbocycles. The molecule has 9 nitrogen and oxygen atoms in total. The smallest absolute Gasteiger partial charge is 0.263 e. The number of anilines is 3. The summed E-state index contributed by atoms with van der Waals surface area (Å²) in [4.78, 5) is 35.1. The third-order valence-electron chi connectivity index (χ3n) is 4.63. The molecule has 27 heavy (non-hydrogen) atoms. The van der Waals surface area contributed by atoms with E-state index in [1.165, 1.54) is 11.3 Å². The van der Waals surface area contributed by atoms with Crippen molar-refractivity contribution < 1.29 is 4.79 Å². The van der Waals surface area contributed by atoms with Crippen LogP contribution in [-0.4, -0.2) is 70.0 Å². The van der Waals surface area contributed by atoms with Crippen LogP contribution < -0.4 is 15.5 Å². The number of likely N-dealkylation sites (N-methyl/N-ethyl adjacent to an activating group) is 1. The summed E-state index contributed by atoms with van der Waals surface area (Å²) in [6.45, 7) is 5.79. The Labute approximate surface area is 162 Å². The first-order valence-corrected chi connectivity index (χ1v) is 10.1. The van der Waals surface area contributed by atoms with Gasteiger partial charge in [-0.15, -0.1) is 0 Å². The number of carbonyl (C=O) groups is 1. The summed E-state index contributed by atoms with van der Waals surface area (Å²) < 4.78 is 0. The van der Waals surface area contributed by atoms with Crippen molar-refractivity contribution in [1.82, 2.24) is 30.2 Å². The molecule has 10 heteroatoms. The van der Waals surface area contributed by atoms with Crippen LogP contribution in [0.15, 0.2) is 6.20 Å². The highest BCUT2D eigenvalue weighted by Gasteiger charge is 2.25. The molecular formula is C17H24N8OS. The number of rotatable bonds is 6. The first-order valence-electron chi connectivity index (χ1n) is 9.33. The van der Waals surface area contributed by atoms with Gasteiger partial charge in [0, 0.05) is 38.6 Å². The zero-order chi connectivity index (χ0) is 18.8. The predicted molar refractivity (Wildman–Crippen MR) is 105 cm³/mol. The van der Waals surface area contributed by atoms with Crippen molar-refractivity contribution in [1.29, 1.82) is 0 Å². The Balaban J connectivity index is 1.48. The highest BCUT2D eigenvalue weighted by Crippen LogP contribution is 2.24. The summed E-state index contributed by atoms with van der Waals surface area (Å²) in [5.74, 6) is 1.84. The van der Waals surface area contributed by atoms with Gasteiger partial charge in [0.1, 0.15) is 10.7 Å². The molecule has 0 atom stereocenters. The SMILES string of the molecule is CCc1nc(Nc2ncc(C(=O)NC3CC3)s2)nc(N2CCN(C)CC2)n1. The molecule has 1 aliphatic heterocycles. The lowest BCUT2D eigenvalue weighted by Gasteiger charge is -2.32. The molecule has 2 N–H and O–H groups in total. The number of aryl methyl sites for hydroxylation is 1. The van der Waals surface area contributed by atoms with Crippen molar-refractivity contribution in [2.75, 3.05) is 43.4 Å². The summed E-state index contributed by atoms with van der Waals surface area (Å²) in [5, 5.41) is 6.72. The first kappa shape index (κ1) is 18.1. The monoisotopic (exact) mass is 388 g/mol. The normalized spacial score (nSPS) is 17.8. The van der Waals surface area contributed by atoms with Gasteiger partial charge in [-0.2, -0.15) is 15.0 Å². The lowest BCUT2D eigenvalue weighted by Crippen LogP contribution is -2.45. The van der Waals surface area contributed by atoms with Gasteiger partial charge in [0.2, 0.25) is 11.9 Å². The van der Waals surface area contributed by atoms with Crippen LogP contribution in [0.3, 0.4) is 0 Å². The van der Waals surface area contributed by atoms with Crippen molar-refractivity contribution in [2.45, 2.75) is 32.2 Å². The fourth-order valence-electron chi connectivity index (χ4n) is 2.79. The Morgan fingerprint density at radius 1 is 1.22 bits per heavy atom. The fourth-order valence-corrected chi connectivity index (χ4v) is 3.50. The van der Waals surface area contributed by atoms with Crippen molar-refractivity contribution in [3.63, 3.8) is 0 Å². The molecule has 0 radical (unpaired) electrons. The van der Waals surface area contributed by atoms with Crippen molar-refractivity contribution in [3.05, 3.63) is 16.9 Å². The van der Waals surface area contributed by atoms with Crippen molar-refractivity contribution in [2.24, 2.45) is 0 Å². The highest BCUT2D eigenvalue weighted by atomic mass is 32.1. The molecule has 1 amide bonds. The maximum Gasteiger partial charge on any atom is 0.263 e. The molecule has 2 aliphatic rings. The fraction of sp³-hybridized carbons (Fsp3) is 0.588. The zero-order valence-corrected chi connectivity index (χ0v) is 16.4. The van der Waals surface area contributed by atoms with Gasteiger partial charge in [-0.25, -0.2) is 4.98 Å². The average Bonchev–Trinajstić information content (AvgIpc) is 3.36. The molecule has 2 aromatic rings. The van der Waals surface area contributed by atoms with Crippen LogP contribution in [-0.2, 0) is 6.42 Å². The second kappa shape index (κ2) is 7.73. The summed E-state index contributed by atoms with van der Waals surface area (Å²) in [7, 11) is 2.12. The van der Waals surface area contributed by atoms with Crippen molar-refractivity contribution in [3.8, 4) is 0 Å². The number of nitrogens with one attached hydrogen (secondary N) is 2. The standard InChI is InChI=1S/C17H24N8OS/c1-3-13-20-15(22-16(21-13)25-8-6-24(2)7-9-25)23-17-18-10-12(27-17)14(26)19-11-4-5-11/h10-11H,3-9H2,1-2H3,(H,19,26)(H,18,20,21,22,23). The lowest BCUT2D eigenvalue weighted by molar-refractivity contribution is 0.0955. The molecule has 1 aliphatic carbocycles. The van der Waals surface area contributed by atoms with E-state index in [1.807, 2.05) is 6.92 Å². The van der Waals surface area contributed by atoms with Gasteiger partial charge in [-0.1, -0.05) is 18.3 Å². The quantitative estimate of drug-likeness (QED) is 0.763. The number of carbonyl (C=O) groups excluding carboxylic acids is 1. The van der Waals surface area contributed by atoms with Crippen LogP contribution in [0.1, 0.15) is 35.3 Å². The molecule has 0 unspecified atom stereocenters. The Morgan fingerprint density at radius 3 is 2.70 bits per heavy atom.